The van der Waals surface area contributed by atoms with Gasteiger partial charge in [0.05, 0.1) is 6.10 Å². The van der Waals surface area contributed by atoms with Gasteiger partial charge in [-0.25, -0.2) is 14.4 Å². The van der Waals surface area contributed by atoms with Crippen LogP contribution in [0.5, 0.6) is 0 Å². The van der Waals surface area contributed by atoms with E-state index in [1.165, 1.54) is 17.8 Å². The fourth-order valence-electron chi connectivity index (χ4n) is 1.54. The zero-order valence-corrected chi connectivity index (χ0v) is 10.9. The fourth-order valence-corrected chi connectivity index (χ4v) is 2.48. The van der Waals surface area contributed by atoms with E-state index in [2.05, 4.69) is 9.97 Å². The maximum absolute atomic E-state index is 13.7. The van der Waals surface area contributed by atoms with Crippen molar-refractivity contribution in [3.63, 3.8) is 0 Å². The summed E-state index contributed by atoms with van der Waals surface area (Å²) < 4.78 is 13.7. The van der Waals surface area contributed by atoms with Crippen LogP contribution in [0.2, 0.25) is 0 Å². The Balaban J connectivity index is 2.34. The molecule has 0 saturated carbocycles. The lowest BCUT2D eigenvalue weighted by Crippen LogP contribution is -1.99. The van der Waals surface area contributed by atoms with Gasteiger partial charge >= 0.3 is 0 Å². The van der Waals surface area contributed by atoms with Crippen LogP contribution in [0, 0.1) is 12.7 Å². The largest absolute Gasteiger partial charge is 0.389 e. The van der Waals surface area contributed by atoms with E-state index in [0.717, 1.165) is 5.56 Å². The number of aliphatic hydroxyl groups is 1. The van der Waals surface area contributed by atoms with Crippen molar-refractivity contribution in [1.82, 2.24) is 9.97 Å². The van der Waals surface area contributed by atoms with Gasteiger partial charge in [0.25, 0.3) is 0 Å². The van der Waals surface area contributed by atoms with Crippen LogP contribution in [0.4, 0.5) is 4.39 Å². The minimum Gasteiger partial charge on any atom is -0.389 e. The summed E-state index contributed by atoms with van der Waals surface area (Å²) in [6.45, 7) is 3.44. The maximum atomic E-state index is 13.7. The zero-order chi connectivity index (χ0) is 13.1. The van der Waals surface area contributed by atoms with Gasteiger partial charge in [-0.05, 0) is 43.3 Å². The molecule has 0 aliphatic rings. The van der Waals surface area contributed by atoms with E-state index in [1.54, 1.807) is 31.5 Å². The molecule has 1 aromatic heterocycles. The number of hydrogen-bond acceptors (Lipinski definition) is 4. The van der Waals surface area contributed by atoms with Gasteiger partial charge < -0.3 is 5.11 Å². The summed E-state index contributed by atoms with van der Waals surface area (Å²) in [7, 11) is 0. The minimum absolute atomic E-state index is 0.284. The molecule has 2 aromatic rings. The molecule has 0 aliphatic carbocycles. The fraction of sp³-hybridized carbons (Fsp3) is 0.231. The molecule has 3 nitrogen and oxygen atoms in total. The number of rotatable bonds is 3. The van der Waals surface area contributed by atoms with Crippen LogP contribution in [0.25, 0.3) is 0 Å². The highest BCUT2D eigenvalue weighted by atomic mass is 32.2. The highest BCUT2D eigenvalue weighted by molar-refractivity contribution is 7.99. The van der Waals surface area contributed by atoms with E-state index in [4.69, 9.17) is 0 Å². The summed E-state index contributed by atoms with van der Waals surface area (Å²) in [4.78, 5) is 8.94. The molecule has 0 radical (unpaired) electrons. The van der Waals surface area contributed by atoms with Crippen LogP contribution >= 0.6 is 11.8 Å². The first-order chi connectivity index (χ1) is 8.58. The molecule has 1 aromatic carbocycles. The first kappa shape index (κ1) is 13.0. The Labute approximate surface area is 109 Å². The summed E-state index contributed by atoms with van der Waals surface area (Å²) in [5.41, 5.74) is 1.25. The maximum Gasteiger partial charge on any atom is 0.192 e. The van der Waals surface area contributed by atoms with Crippen LogP contribution in [-0.4, -0.2) is 15.1 Å². The third-order valence-electron chi connectivity index (χ3n) is 2.39. The Morgan fingerprint density at radius 1 is 1.28 bits per heavy atom. The highest BCUT2D eigenvalue weighted by Crippen LogP contribution is 2.32. The van der Waals surface area contributed by atoms with Gasteiger partial charge in [0.2, 0.25) is 0 Å². The molecule has 1 N–H and O–H groups in total. The van der Waals surface area contributed by atoms with Crippen molar-refractivity contribution in [2.45, 2.75) is 30.0 Å². The molecule has 1 heterocycles. The monoisotopic (exact) mass is 264 g/mol. The SMILES string of the molecule is Cc1cnc(Sc2cccc(F)c2C(C)O)nc1. The molecular formula is C13H13FN2OS. The second-order valence-corrected chi connectivity index (χ2v) is 4.98. The summed E-state index contributed by atoms with van der Waals surface area (Å²) >= 11 is 1.24. The minimum atomic E-state index is -0.862. The van der Waals surface area contributed by atoms with Gasteiger partial charge in [0, 0.05) is 22.9 Å². The highest BCUT2D eigenvalue weighted by Gasteiger charge is 2.15. The Hall–Kier alpha value is -1.46. The van der Waals surface area contributed by atoms with Crippen LogP contribution in [0.1, 0.15) is 24.2 Å². The molecule has 5 heteroatoms. The molecule has 0 saturated heterocycles. The molecule has 0 amide bonds. The van der Waals surface area contributed by atoms with Gasteiger partial charge in [-0.15, -0.1) is 0 Å². The average molecular weight is 264 g/mol. The van der Waals surface area contributed by atoms with Crippen molar-refractivity contribution >= 4 is 11.8 Å². The number of nitrogens with zero attached hydrogens (tertiary/aromatic N) is 2. The van der Waals surface area contributed by atoms with Crippen molar-refractivity contribution in [2.75, 3.05) is 0 Å². The first-order valence-corrected chi connectivity index (χ1v) is 6.32. The first-order valence-electron chi connectivity index (χ1n) is 5.51. The lowest BCUT2D eigenvalue weighted by atomic mass is 10.1. The normalized spacial score (nSPS) is 12.4. The van der Waals surface area contributed by atoms with E-state index in [0.29, 0.717) is 10.1 Å². The predicted molar refractivity (Wildman–Crippen MR) is 67.9 cm³/mol. The summed E-state index contributed by atoms with van der Waals surface area (Å²) in [5, 5.41) is 10.1. The standard InChI is InChI=1S/C13H13FN2OS/c1-8-6-15-13(16-7-8)18-11-5-3-4-10(14)12(11)9(2)17/h3-7,9,17H,1-2H3. The number of hydrogen-bond donors (Lipinski definition) is 1. The van der Waals surface area contributed by atoms with Crippen molar-refractivity contribution < 1.29 is 9.50 Å². The van der Waals surface area contributed by atoms with Crippen molar-refractivity contribution in [1.29, 1.82) is 0 Å². The van der Waals surface area contributed by atoms with Crippen LogP contribution in [0.15, 0.2) is 40.6 Å². The summed E-state index contributed by atoms with van der Waals surface area (Å²) in [6, 6.07) is 4.69. The van der Waals surface area contributed by atoms with E-state index < -0.39 is 11.9 Å². The topological polar surface area (TPSA) is 46.0 Å². The van der Waals surface area contributed by atoms with Crippen molar-refractivity contribution in [3.05, 3.63) is 47.5 Å². The molecule has 0 fully saturated rings. The predicted octanol–water partition coefficient (Wildman–Crippen LogP) is 3.13. The molecule has 18 heavy (non-hydrogen) atoms. The van der Waals surface area contributed by atoms with Crippen molar-refractivity contribution in [2.24, 2.45) is 0 Å². The molecule has 0 spiro atoms. The van der Waals surface area contributed by atoms with E-state index in [-0.39, 0.29) is 5.56 Å². The van der Waals surface area contributed by atoms with Gasteiger partial charge in [0.1, 0.15) is 5.82 Å². The molecule has 2 rings (SSSR count). The molecule has 94 valence electrons. The zero-order valence-electron chi connectivity index (χ0n) is 10.1. The Morgan fingerprint density at radius 3 is 2.56 bits per heavy atom. The van der Waals surface area contributed by atoms with Crippen molar-refractivity contribution in [3.8, 4) is 0 Å². The molecule has 0 bridgehead atoms. The smallest absolute Gasteiger partial charge is 0.192 e. The van der Waals surface area contributed by atoms with Gasteiger partial charge in [-0.3, -0.25) is 0 Å². The second kappa shape index (κ2) is 5.46. The van der Waals surface area contributed by atoms with Crippen LogP contribution in [-0.2, 0) is 0 Å². The van der Waals surface area contributed by atoms with Crippen LogP contribution in [0.3, 0.4) is 0 Å². The molecule has 0 aliphatic heterocycles. The Morgan fingerprint density at radius 2 is 1.94 bits per heavy atom. The number of aromatic nitrogens is 2. The lowest BCUT2D eigenvalue weighted by molar-refractivity contribution is 0.191. The average Bonchev–Trinajstić information content (AvgIpc) is 2.32. The van der Waals surface area contributed by atoms with Gasteiger partial charge in [-0.1, -0.05) is 6.07 Å². The van der Waals surface area contributed by atoms with E-state index in [1.807, 2.05) is 6.92 Å². The lowest BCUT2D eigenvalue weighted by Gasteiger charge is -2.11. The number of benzene rings is 1. The third-order valence-corrected chi connectivity index (χ3v) is 3.36. The number of aliphatic hydroxyl groups excluding tert-OH is 1. The van der Waals surface area contributed by atoms with Crippen LogP contribution < -0.4 is 0 Å². The van der Waals surface area contributed by atoms with E-state index in [9.17, 15) is 9.50 Å². The quantitative estimate of drug-likeness (QED) is 0.865. The van der Waals surface area contributed by atoms with Gasteiger partial charge in [0.15, 0.2) is 5.16 Å². The third kappa shape index (κ3) is 2.86. The Bertz CT molecular complexity index is 543. The summed E-state index contributed by atoms with van der Waals surface area (Å²) in [5.74, 6) is -0.415. The number of halogens is 1. The molecule has 1 atom stereocenters. The molecular weight excluding hydrogens is 251 g/mol. The van der Waals surface area contributed by atoms with E-state index >= 15 is 0 Å². The second-order valence-electron chi connectivity index (χ2n) is 3.97. The molecule has 1 unspecified atom stereocenters. The summed E-state index contributed by atoms with van der Waals surface area (Å²) in [6.07, 6.45) is 2.55. The Kier molecular flexibility index (Phi) is 3.93. The number of aryl methyl sites for hydroxylation is 1. The van der Waals surface area contributed by atoms with Gasteiger partial charge in [-0.2, -0.15) is 0 Å².